The molecule has 2 aliphatic heterocycles. The summed E-state index contributed by atoms with van der Waals surface area (Å²) in [6, 6.07) is 17.4. The summed E-state index contributed by atoms with van der Waals surface area (Å²) in [6.45, 7) is 13.6. The molecule has 10 heteroatoms. The van der Waals surface area contributed by atoms with E-state index in [1.165, 1.54) is 23.7 Å². The third-order valence-corrected chi connectivity index (χ3v) is 9.75. The lowest BCUT2D eigenvalue weighted by Gasteiger charge is -2.41. The van der Waals surface area contributed by atoms with Crippen molar-refractivity contribution >= 4 is 40.6 Å². The van der Waals surface area contributed by atoms with Gasteiger partial charge in [-0.2, -0.15) is 5.26 Å². The number of nitrogens with zero attached hydrogens (tertiary/aromatic N) is 8. The summed E-state index contributed by atoms with van der Waals surface area (Å²) >= 11 is 0. The van der Waals surface area contributed by atoms with Crippen LogP contribution in [0.4, 0.5) is 0 Å². The maximum absolute atomic E-state index is 8.79. The summed E-state index contributed by atoms with van der Waals surface area (Å²) in [5.41, 5.74) is 12.6. The van der Waals surface area contributed by atoms with Crippen LogP contribution in [-0.2, 0) is 13.1 Å². The maximum Gasteiger partial charge on any atom is 0.157 e. The van der Waals surface area contributed by atoms with Crippen molar-refractivity contribution in [2.45, 2.75) is 44.8 Å². The number of hydrogen-bond donors (Lipinski definition) is 1. The molecule has 2 aromatic carbocycles. The molecule has 1 saturated carbocycles. The minimum atomic E-state index is 0.125. The topological polar surface area (TPSA) is 113 Å². The minimum Gasteiger partial charge on any atom is -0.494 e. The Kier molecular flexibility index (Phi) is 8.56. The van der Waals surface area contributed by atoms with Gasteiger partial charge in [-0.15, -0.1) is 0 Å². The Morgan fingerprint density at radius 2 is 1.89 bits per heavy atom. The minimum absolute atomic E-state index is 0.125. The molecule has 1 unspecified atom stereocenters. The fourth-order valence-electron chi connectivity index (χ4n) is 7.12. The van der Waals surface area contributed by atoms with Crippen molar-refractivity contribution < 1.29 is 4.74 Å². The molecule has 2 N–H and O–H groups in total. The van der Waals surface area contributed by atoms with Crippen LogP contribution in [0.3, 0.4) is 0 Å². The van der Waals surface area contributed by atoms with Gasteiger partial charge in [0.2, 0.25) is 0 Å². The van der Waals surface area contributed by atoms with Crippen LogP contribution in [0.1, 0.15) is 31.2 Å². The summed E-state index contributed by atoms with van der Waals surface area (Å²) in [4.78, 5) is 18.2. The molecule has 242 valence electrons. The number of imidazole rings is 1. The van der Waals surface area contributed by atoms with Crippen molar-refractivity contribution in [2.75, 3.05) is 39.8 Å². The highest BCUT2D eigenvalue weighted by atomic mass is 16.5. The highest BCUT2D eigenvalue weighted by Crippen LogP contribution is 2.40. The Labute approximate surface area is 276 Å². The second kappa shape index (κ2) is 13.1. The smallest absolute Gasteiger partial charge is 0.157 e. The van der Waals surface area contributed by atoms with E-state index in [4.69, 9.17) is 20.7 Å². The van der Waals surface area contributed by atoms with Gasteiger partial charge in [0, 0.05) is 79.6 Å². The summed E-state index contributed by atoms with van der Waals surface area (Å²) in [5.74, 6) is 3.58. The van der Waals surface area contributed by atoms with Gasteiger partial charge in [0.25, 0.3) is 0 Å². The van der Waals surface area contributed by atoms with Crippen LogP contribution in [0.15, 0.2) is 70.9 Å². The lowest BCUT2D eigenvalue weighted by molar-refractivity contribution is 0.127. The van der Waals surface area contributed by atoms with Crippen LogP contribution >= 0.6 is 0 Å². The number of aliphatic imine (C=N–C) groups is 2. The van der Waals surface area contributed by atoms with Gasteiger partial charge in [0.15, 0.2) is 5.82 Å². The third kappa shape index (κ3) is 6.15. The van der Waals surface area contributed by atoms with Crippen molar-refractivity contribution in [1.82, 2.24) is 23.9 Å². The predicted octanol–water partition coefficient (Wildman–Crippen LogP) is 5.54. The van der Waals surface area contributed by atoms with Gasteiger partial charge in [-0.05, 0) is 68.7 Å². The van der Waals surface area contributed by atoms with Crippen LogP contribution in [0.2, 0.25) is 0 Å². The lowest BCUT2D eigenvalue weighted by Crippen LogP contribution is -2.47. The number of nitrogens with two attached hydrogens (primary N) is 1. The highest BCUT2D eigenvalue weighted by molar-refractivity contribution is 5.92. The molecular weight excluding hydrogens is 586 g/mol. The Morgan fingerprint density at radius 3 is 2.64 bits per heavy atom. The number of allylic oxidation sites excluding steroid dienone is 1. The van der Waals surface area contributed by atoms with Crippen molar-refractivity contribution in [3.05, 3.63) is 66.5 Å². The van der Waals surface area contributed by atoms with Crippen molar-refractivity contribution in [2.24, 2.45) is 27.6 Å². The average molecular weight is 630 g/mol. The van der Waals surface area contributed by atoms with Gasteiger partial charge in [-0.1, -0.05) is 24.8 Å². The van der Waals surface area contributed by atoms with E-state index >= 15 is 0 Å². The predicted molar refractivity (Wildman–Crippen MR) is 189 cm³/mol. The fraction of sp³-hybridized carbons (Fsp3) is 0.405. The van der Waals surface area contributed by atoms with Crippen LogP contribution in [-0.4, -0.2) is 82.7 Å². The number of aromatic nitrogens is 3. The van der Waals surface area contributed by atoms with Gasteiger partial charge in [-0.25, -0.2) is 9.98 Å². The fourth-order valence-corrected chi connectivity index (χ4v) is 7.12. The third-order valence-electron chi connectivity index (χ3n) is 9.75. The molecule has 0 amide bonds. The van der Waals surface area contributed by atoms with Gasteiger partial charge < -0.3 is 29.4 Å². The molecule has 4 heterocycles. The Morgan fingerprint density at radius 1 is 1.09 bits per heavy atom. The summed E-state index contributed by atoms with van der Waals surface area (Å²) < 4.78 is 11.0. The number of rotatable bonds is 12. The van der Waals surface area contributed by atoms with Crippen LogP contribution in [0.25, 0.3) is 39.2 Å². The molecule has 0 spiro atoms. The van der Waals surface area contributed by atoms with Gasteiger partial charge >= 0.3 is 0 Å². The van der Waals surface area contributed by atoms with E-state index in [0.717, 1.165) is 97.5 Å². The second-order valence-corrected chi connectivity index (χ2v) is 13.1. The van der Waals surface area contributed by atoms with E-state index in [0.29, 0.717) is 11.8 Å². The number of piperidine rings is 1. The zero-order valence-corrected chi connectivity index (χ0v) is 27.2. The quantitative estimate of drug-likeness (QED) is 0.163. The van der Waals surface area contributed by atoms with E-state index in [2.05, 4.69) is 84.7 Å². The largest absolute Gasteiger partial charge is 0.494 e. The molecule has 0 bridgehead atoms. The lowest BCUT2D eigenvalue weighted by atomic mass is 9.99. The number of nitriles is 1. The zero-order valence-electron chi connectivity index (χ0n) is 27.2. The SMILES string of the molecule is C=N/C(=C\C=N/CC#N)N1CC(Cn2c(-c3cc4ccccc4n3CC3CC3)nc3cc(C(=C)N4CCCC(N)C4)cc(OC)c32)C1. The maximum atomic E-state index is 8.79. The Balaban J connectivity index is 1.29. The number of hydrogen-bond acceptors (Lipinski definition) is 8. The molecule has 0 radical (unpaired) electrons. The number of methoxy groups -OCH3 is 1. The first-order chi connectivity index (χ1) is 23.0. The van der Waals surface area contributed by atoms with Gasteiger partial charge in [0.05, 0.1) is 24.4 Å². The number of ether oxygens (including phenoxy) is 1. The van der Waals surface area contributed by atoms with Crippen LogP contribution in [0, 0.1) is 23.2 Å². The molecule has 1 atom stereocenters. The number of fused-ring (bicyclic) bond motifs is 2. The molecule has 2 saturated heterocycles. The van der Waals surface area contributed by atoms with Crippen molar-refractivity contribution in [1.29, 1.82) is 5.26 Å². The number of para-hydroxylation sites is 1. The van der Waals surface area contributed by atoms with Crippen LogP contribution < -0.4 is 10.5 Å². The summed E-state index contributed by atoms with van der Waals surface area (Å²) in [6.07, 6.45) is 8.11. The number of benzene rings is 2. The summed E-state index contributed by atoms with van der Waals surface area (Å²) in [5, 5.41) is 10.0. The average Bonchev–Trinajstić information content (AvgIpc) is 3.72. The molecule has 1 aliphatic carbocycles. The first-order valence-corrected chi connectivity index (χ1v) is 16.6. The molecular formula is C37H43N9O. The zero-order chi connectivity index (χ0) is 32.5. The molecule has 7 rings (SSSR count). The first-order valence-electron chi connectivity index (χ1n) is 16.6. The van der Waals surface area contributed by atoms with E-state index in [1.54, 1.807) is 13.3 Å². The van der Waals surface area contributed by atoms with E-state index in [9.17, 15) is 0 Å². The molecule has 47 heavy (non-hydrogen) atoms. The standard InChI is InChI=1S/C37H43N9O/c1-25(43-16-6-8-30(39)24-43)29-17-31-36(34(19-29)47-3)46(23-27-20-44(21-27)35(40-2)12-14-41-15-13-38)37(42-31)33-18-28-7-4-5-9-32(28)45(33)22-26-10-11-26/h4-5,7,9,12,14,17-19,26-27,30H,1-2,6,8,10-11,15-16,20-24,39H2,3H3/b35-12+,41-14-. The molecule has 10 nitrogen and oxygen atoms in total. The second-order valence-electron chi connectivity index (χ2n) is 13.1. The molecule has 3 aliphatic rings. The van der Waals surface area contributed by atoms with Gasteiger partial charge in [-0.3, -0.25) is 4.99 Å². The van der Waals surface area contributed by atoms with E-state index in [1.807, 2.05) is 12.1 Å². The molecule has 4 aromatic rings. The van der Waals surface area contributed by atoms with Gasteiger partial charge in [0.1, 0.15) is 23.6 Å². The van der Waals surface area contributed by atoms with Crippen molar-refractivity contribution in [3.8, 4) is 23.3 Å². The van der Waals surface area contributed by atoms with Crippen molar-refractivity contribution in [3.63, 3.8) is 0 Å². The molecule has 3 fully saturated rings. The normalized spacial score (nSPS) is 19.0. The summed E-state index contributed by atoms with van der Waals surface area (Å²) in [7, 11) is 1.74. The number of likely N-dealkylation sites (tertiary alicyclic amines) is 2. The Bertz CT molecular complexity index is 1910. The van der Waals surface area contributed by atoms with E-state index < -0.39 is 0 Å². The monoisotopic (exact) mass is 629 g/mol. The van der Waals surface area contributed by atoms with Crippen LogP contribution in [0.5, 0.6) is 5.75 Å². The molecule has 2 aromatic heterocycles. The highest BCUT2D eigenvalue weighted by Gasteiger charge is 2.32. The first kappa shape index (κ1) is 30.8. The van der Waals surface area contributed by atoms with E-state index in [-0.39, 0.29) is 12.6 Å². The Hall–Kier alpha value is -4.88.